The van der Waals surface area contributed by atoms with Gasteiger partial charge in [-0.25, -0.2) is 9.97 Å². The van der Waals surface area contributed by atoms with Crippen LogP contribution in [0.25, 0.3) is 11.1 Å². The zero-order valence-corrected chi connectivity index (χ0v) is 11.1. The highest BCUT2D eigenvalue weighted by Crippen LogP contribution is 2.39. The molecule has 0 atom stereocenters. The fourth-order valence-corrected chi connectivity index (χ4v) is 2.33. The van der Waals surface area contributed by atoms with Crippen LogP contribution in [0.15, 0.2) is 18.2 Å². The third kappa shape index (κ3) is 2.58. The summed E-state index contributed by atoms with van der Waals surface area (Å²) in [7, 11) is 0. The molecule has 1 heterocycles. The highest BCUT2D eigenvalue weighted by atomic mass is 35.5. The average molecular weight is 310 g/mol. The molecule has 0 bridgehead atoms. The Morgan fingerprint density at radius 1 is 0.941 bits per heavy atom. The lowest BCUT2D eigenvalue weighted by Gasteiger charge is -2.08. The van der Waals surface area contributed by atoms with Crippen molar-refractivity contribution in [3.63, 3.8) is 0 Å². The minimum absolute atomic E-state index is 0.0240. The van der Waals surface area contributed by atoms with Gasteiger partial charge in [0.2, 0.25) is 5.28 Å². The Kier molecular flexibility index (Phi) is 3.64. The number of phenols is 1. The standard InChI is InChI=1S/C10H4Cl4N2O/c11-4-1-2-6(17)5(3-4)7-8(12)15-10(14)16-9(7)13/h1-3,17H. The molecule has 88 valence electrons. The number of halogens is 4. The Bertz CT molecular complexity index is 566. The van der Waals surface area contributed by atoms with E-state index in [2.05, 4.69) is 9.97 Å². The van der Waals surface area contributed by atoms with Gasteiger partial charge in [-0.2, -0.15) is 0 Å². The first-order valence-corrected chi connectivity index (χ1v) is 5.87. The van der Waals surface area contributed by atoms with Crippen LogP contribution in [0.3, 0.4) is 0 Å². The van der Waals surface area contributed by atoms with Gasteiger partial charge in [0.15, 0.2) is 0 Å². The van der Waals surface area contributed by atoms with Crippen molar-refractivity contribution in [2.75, 3.05) is 0 Å². The van der Waals surface area contributed by atoms with E-state index in [0.29, 0.717) is 10.6 Å². The highest BCUT2D eigenvalue weighted by Gasteiger charge is 2.16. The van der Waals surface area contributed by atoms with Crippen LogP contribution in [0.4, 0.5) is 0 Å². The summed E-state index contributed by atoms with van der Waals surface area (Å²) in [5.41, 5.74) is 0.641. The van der Waals surface area contributed by atoms with Gasteiger partial charge in [-0.05, 0) is 29.8 Å². The molecule has 0 unspecified atom stereocenters. The van der Waals surface area contributed by atoms with Gasteiger partial charge >= 0.3 is 0 Å². The summed E-state index contributed by atoms with van der Waals surface area (Å²) in [6, 6.07) is 4.49. The molecule has 0 saturated carbocycles. The number of hydrogen-bond acceptors (Lipinski definition) is 3. The van der Waals surface area contributed by atoms with E-state index >= 15 is 0 Å². The van der Waals surface area contributed by atoms with Crippen LogP contribution in [0.2, 0.25) is 20.6 Å². The van der Waals surface area contributed by atoms with Gasteiger partial charge in [-0.15, -0.1) is 0 Å². The molecule has 0 saturated heterocycles. The van der Waals surface area contributed by atoms with Crippen LogP contribution in [-0.2, 0) is 0 Å². The summed E-state index contributed by atoms with van der Waals surface area (Å²) in [5, 5.41) is 10.2. The minimum atomic E-state index is -0.0646. The van der Waals surface area contributed by atoms with Crippen LogP contribution >= 0.6 is 46.4 Å². The maximum Gasteiger partial charge on any atom is 0.225 e. The second kappa shape index (κ2) is 4.86. The van der Waals surface area contributed by atoms with E-state index in [1.807, 2.05) is 0 Å². The van der Waals surface area contributed by atoms with E-state index < -0.39 is 0 Å². The van der Waals surface area contributed by atoms with Gasteiger partial charge in [0.1, 0.15) is 16.1 Å². The van der Waals surface area contributed by atoms with Gasteiger partial charge in [0.25, 0.3) is 0 Å². The van der Waals surface area contributed by atoms with Gasteiger partial charge in [-0.1, -0.05) is 34.8 Å². The van der Waals surface area contributed by atoms with E-state index in [1.54, 1.807) is 6.07 Å². The average Bonchev–Trinajstić information content (AvgIpc) is 2.21. The first-order valence-electron chi connectivity index (χ1n) is 4.36. The van der Waals surface area contributed by atoms with Crippen LogP contribution in [-0.4, -0.2) is 15.1 Å². The molecular weight excluding hydrogens is 306 g/mol. The van der Waals surface area contributed by atoms with Crippen molar-refractivity contribution < 1.29 is 5.11 Å². The fraction of sp³-hybridized carbons (Fsp3) is 0. The second-order valence-electron chi connectivity index (χ2n) is 3.11. The molecule has 3 nitrogen and oxygen atoms in total. The fourth-order valence-electron chi connectivity index (χ4n) is 1.31. The quantitative estimate of drug-likeness (QED) is 0.625. The van der Waals surface area contributed by atoms with Crippen molar-refractivity contribution in [3.8, 4) is 16.9 Å². The third-order valence-electron chi connectivity index (χ3n) is 2.02. The van der Waals surface area contributed by atoms with Crippen LogP contribution in [0.5, 0.6) is 5.75 Å². The first kappa shape index (κ1) is 12.7. The molecule has 2 rings (SSSR count). The van der Waals surface area contributed by atoms with Gasteiger partial charge in [0.05, 0.1) is 5.56 Å². The van der Waals surface area contributed by atoms with Crippen molar-refractivity contribution in [2.45, 2.75) is 0 Å². The van der Waals surface area contributed by atoms with Crippen LogP contribution < -0.4 is 0 Å². The summed E-state index contributed by atoms with van der Waals surface area (Å²) in [6.45, 7) is 0. The van der Waals surface area contributed by atoms with Gasteiger partial charge < -0.3 is 5.11 Å². The molecule has 0 spiro atoms. The third-order valence-corrected chi connectivity index (χ3v) is 2.97. The maximum atomic E-state index is 9.74. The Balaban J connectivity index is 2.72. The topological polar surface area (TPSA) is 46.0 Å². The van der Waals surface area contributed by atoms with Crippen molar-refractivity contribution in [1.82, 2.24) is 9.97 Å². The van der Waals surface area contributed by atoms with E-state index in [1.165, 1.54) is 12.1 Å². The number of hydrogen-bond donors (Lipinski definition) is 1. The Hall–Kier alpha value is -0.740. The molecule has 0 amide bonds. The van der Waals surface area contributed by atoms with Crippen molar-refractivity contribution in [1.29, 1.82) is 0 Å². The monoisotopic (exact) mass is 308 g/mol. The first-order chi connectivity index (χ1) is 7.99. The van der Waals surface area contributed by atoms with Crippen molar-refractivity contribution in [3.05, 3.63) is 38.8 Å². The summed E-state index contributed by atoms with van der Waals surface area (Å²) in [6.07, 6.45) is 0. The lowest BCUT2D eigenvalue weighted by molar-refractivity contribution is 0.477. The number of aromatic nitrogens is 2. The molecule has 1 N–H and O–H groups in total. The molecule has 0 fully saturated rings. The molecule has 0 aliphatic carbocycles. The molecule has 1 aromatic carbocycles. The zero-order chi connectivity index (χ0) is 12.6. The maximum absolute atomic E-state index is 9.74. The van der Waals surface area contributed by atoms with Gasteiger partial charge in [0, 0.05) is 10.6 Å². The van der Waals surface area contributed by atoms with E-state index in [4.69, 9.17) is 46.4 Å². The molecule has 1 aromatic heterocycles. The highest BCUT2D eigenvalue weighted by molar-refractivity contribution is 6.39. The molecule has 0 aliphatic rings. The summed E-state index contributed by atoms with van der Waals surface area (Å²) in [4.78, 5) is 7.53. The van der Waals surface area contributed by atoms with Crippen molar-refractivity contribution in [2.24, 2.45) is 0 Å². The molecular formula is C10H4Cl4N2O. The number of rotatable bonds is 1. The molecule has 0 radical (unpaired) electrons. The van der Waals surface area contributed by atoms with Gasteiger partial charge in [-0.3, -0.25) is 0 Å². The van der Waals surface area contributed by atoms with E-state index in [9.17, 15) is 5.11 Å². The SMILES string of the molecule is Oc1ccc(Cl)cc1-c1c(Cl)nc(Cl)nc1Cl. The molecule has 2 aromatic rings. The Morgan fingerprint density at radius 2 is 1.53 bits per heavy atom. The predicted molar refractivity (Wildman–Crippen MR) is 69.2 cm³/mol. The van der Waals surface area contributed by atoms with Crippen LogP contribution in [0, 0.1) is 0 Å². The minimum Gasteiger partial charge on any atom is -0.507 e. The number of benzene rings is 1. The Labute approximate surface area is 117 Å². The zero-order valence-electron chi connectivity index (χ0n) is 8.09. The predicted octanol–water partition coefficient (Wildman–Crippen LogP) is 4.46. The normalized spacial score (nSPS) is 10.6. The molecule has 0 aliphatic heterocycles. The smallest absolute Gasteiger partial charge is 0.225 e. The van der Waals surface area contributed by atoms with Crippen molar-refractivity contribution >= 4 is 46.4 Å². The summed E-state index contributed by atoms with van der Waals surface area (Å²) in [5.74, 6) is -0.0240. The lowest BCUT2D eigenvalue weighted by atomic mass is 10.1. The summed E-state index contributed by atoms with van der Waals surface area (Å²) < 4.78 is 0. The molecule has 17 heavy (non-hydrogen) atoms. The second-order valence-corrected chi connectivity index (χ2v) is 4.60. The Morgan fingerprint density at radius 3 is 2.12 bits per heavy atom. The van der Waals surface area contributed by atoms with Crippen LogP contribution in [0.1, 0.15) is 0 Å². The van der Waals surface area contributed by atoms with E-state index in [0.717, 1.165) is 0 Å². The number of phenolic OH excluding ortho intramolecular Hbond substituents is 1. The number of aromatic hydroxyl groups is 1. The van der Waals surface area contributed by atoms with E-state index in [-0.39, 0.29) is 26.9 Å². The largest absolute Gasteiger partial charge is 0.507 e. The summed E-state index contributed by atoms with van der Waals surface area (Å²) >= 11 is 23.3. The lowest BCUT2D eigenvalue weighted by Crippen LogP contribution is -1.91. The number of nitrogens with zero attached hydrogens (tertiary/aromatic N) is 2. The molecule has 7 heteroatoms.